The summed E-state index contributed by atoms with van der Waals surface area (Å²) >= 11 is 5.71. The van der Waals surface area contributed by atoms with Crippen molar-refractivity contribution in [1.82, 2.24) is 9.97 Å². The number of nitrogens with zero attached hydrogens (tertiary/aromatic N) is 2. The van der Waals surface area contributed by atoms with Crippen LogP contribution in [0.1, 0.15) is 5.69 Å². The predicted molar refractivity (Wildman–Crippen MR) is 57.2 cm³/mol. The van der Waals surface area contributed by atoms with E-state index in [-0.39, 0.29) is 0 Å². The molecule has 0 aliphatic carbocycles. The smallest absolute Gasteiger partial charge is 0.129 e. The van der Waals surface area contributed by atoms with Gasteiger partial charge in [-0.15, -0.1) is 0 Å². The Morgan fingerprint density at radius 1 is 1.07 bits per heavy atom. The molecule has 0 bridgehead atoms. The number of aryl methyl sites for hydroxylation is 1. The number of aromatic nitrogens is 2. The number of hydrogen-bond acceptors (Lipinski definition) is 2. The van der Waals surface area contributed by atoms with Gasteiger partial charge in [0.1, 0.15) is 5.15 Å². The summed E-state index contributed by atoms with van der Waals surface area (Å²) in [5.74, 6) is 0. The van der Waals surface area contributed by atoms with Crippen molar-refractivity contribution in [2.75, 3.05) is 0 Å². The van der Waals surface area contributed by atoms with Gasteiger partial charge in [-0.2, -0.15) is 0 Å². The van der Waals surface area contributed by atoms with Crippen LogP contribution >= 0.6 is 11.6 Å². The normalized spacial score (nSPS) is 10.1. The second kappa shape index (κ2) is 3.76. The maximum Gasteiger partial charge on any atom is 0.129 e. The van der Waals surface area contributed by atoms with Crippen molar-refractivity contribution in [3.05, 3.63) is 47.5 Å². The fourth-order valence-electron chi connectivity index (χ4n) is 1.27. The highest BCUT2D eigenvalue weighted by Gasteiger charge is 1.98. The van der Waals surface area contributed by atoms with Crippen LogP contribution in [0.4, 0.5) is 0 Å². The Labute approximate surface area is 87.6 Å². The largest absolute Gasteiger partial charge is 0.262 e. The molecule has 0 aliphatic heterocycles. The van der Waals surface area contributed by atoms with Gasteiger partial charge in [0.2, 0.25) is 0 Å². The van der Waals surface area contributed by atoms with Crippen LogP contribution in [0.5, 0.6) is 0 Å². The highest BCUT2D eigenvalue weighted by Crippen LogP contribution is 2.19. The minimum absolute atomic E-state index is 0.513. The summed E-state index contributed by atoms with van der Waals surface area (Å²) < 4.78 is 0. The third-order valence-corrected chi connectivity index (χ3v) is 2.18. The minimum Gasteiger partial charge on any atom is -0.262 e. The third-order valence-electron chi connectivity index (χ3n) is 1.96. The van der Waals surface area contributed by atoms with Gasteiger partial charge in [-0.1, -0.05) is 11.6 Å². The Morgan fingerprint density at radius 2 is 1.93 bits per heavy atom. The molecule has 70 valence electrons. The summed E-state index contributed by atoms with van der Waals surface area (Å²) in [5.41, 5.74) is 3.17. The average Bonchev–Trinajstić information content (AvgIpc) is 2.19. The van der Waals surface area contributed by atoms with E-state index in [2.05, 4.69) is 9.97 Å². The first kappa shape index (κ1) is 9.16. The van der Waals surface area contributed by atoms with Crippen LogP contribution in [-0.2, 0) is 0 Å². The molecule has 0 aromatic carbocycles. The van der Waals surface area contributed by atoms with Crippen LogP contribution in [0.15, 0.2) is 36.7 Å². The highest BCUT2D eigenvalue weighted by atomic mass is 35.5. The molecule has 0 radical (unpaired) electrons. The van der Waals surface area contributed by atoms with Crippen molar-refractivity contribution in [2.45, 2.75) is 6.92 Å². The van der Waals surface area contributed by atoms with Gasteiger partial charge in [0.25, 0.3) is 0 Å². The van der Waals surface area contributed by atoms with Crippen LogP contribution in [0.25, 0.3) is 11.1 Å². The molecule has 0 saturated carbocycles. The van der Waals surface area contributed by atoms with E-state index < -0.39 is 0 Å². The molecule has 2 heterocycles. The predicted octanol–water partition coefficient (Wildman–Crippen LogP) is 3.11. The number of rotatable bonds is 1. The van der Waals surface area contributed by atoms with E-state index >= 15 is 0 Å². The van der Waals surface area contributed by atoms with Gasteiger partial charge in [0, 0.05) is 23.7 Å². The minimum atomic E-state index is 0.513. The summed E-state index contributed by atoms with van der Waals surface area (Å²) in [6.45, 7) is 1.97. The standard InChI is InChI=1S/C11H9ClN2/c1-8-6-9(4-5-13-8)10-2-3-11(12)14-7-10/h2-7H,1H3. The molecule has 2 aromatic rings. The molecule has 2 aromatic heterocycles. The van der Waals surface area contributed by atoms with Gasteiger partial charge >= 0.3 is 0 Å². The van der Waals surface area contributed by atoms with E-state index in [1.54, 1.807) is 18.5 Å². The average molecular weight is 205 g/mol. The Hall–Kier alpha value is -1.41. The molecular weight excluding hydrogens is 196 g/mol. The van der Waals surface area contributed by atoms with E-state index in [1.807, 2.05) is 25.1 Å². The summed E-state index contributed by atoms with van der Waals surface area (Å²) in [6.07, 6.45) is 3.55. The Morgan fingerprint density at radius 3 is 2.57 bits per heavy atom. The van der Waals surface area contributed by atoms with E-state index in [4.69, 9.17) is 11.6 Å². The SMILES string of the molecule is Cc1cc(-c2ccc(Cl)nc2)ccn1. The zero-order chi connectivity index (χ0) is 9.97. The van der Waals surface area contributed by atoms with Gasteiger partial charge < -0.3 is 0 Å². The van der Waals surface area contributed by atoms with E-state index in [9.17, 15) is 0 Å². The van der Waals surface area contributed by atoms with Crippen molar-refractivity contribution in [1.29, 1.82) is 0 Å². The summed E-state index contributed by atoms with van der Waals surface area (Å²) in [7, 11) is 0. The van der Waals surface area contributed by atoms with Crippen LogP contribution in [0.3, 0.4) is 0 Å². The molecule has 0 unspecified atom stereocenters. The monoisotopic (exact) mass is 204 g/mol. The van der Waals surface area contributed by atoms with Crippen molar-refractivity contribution in [3.63, 3.8) is 0 Å². The summed E-state index contributed by atoms with van der Waals surface area (Å²) in [6, 6.07) is 7.71. The van der Waals surface area contributed by atoms with Crippen molar-refractivity contribution >= 4 is 11.6 Å². The first-order valence-electron chi connectivity index (χ1n) is 4.30. The summed E-state index contributed by atoms with van der Waals surface area (Å²) in [5, 5.41) is 0.513. The number of hydrogen-bond donors (Lipinski definition) is 0. The topological polar surface area (TPSA) is 25.8 Å². The first-order chi connectivity index (χ1) is 6.75. The van der Waals surface area contributed by atoms with Crippen molar-refractivity contribution < 1.29 is 0 Å². The van der Waals surface area contributed by atoms with Gasteiger partial charge in [-0.3, -0.25) is 4.98 Å². The molecule has 0 N–H and O–H groups in total. The molecule has 0 aliphatic rings. The Bertz CT molecular complexity index is 437. The molecule has 0 fully saturated rings. The molecule has 0 amide bonds. The van der Waals surface area contributed by atoms with E-state index in [1.165, 1.54) is 0 Å². The lowest BCUT2D eigenvalue weighted by atomic mass is 10.1. The lowest BCUT2D eigenvalue weighted by Crippen LogP contribution is -1.83. The fraction of sp³-hybridized carbons (Fsp3) is 0.0909. The maximum absolute atomic E-state index is 5.71. The van der Waals surface area contributed by atoms with Gasteiger partial charge in [-0.05, 0) is 36.8 Å². The quantitative estimate of drug-likeness (QED) is 0.667. The molecule has 0 spiro atoms. The molecule has 14 heavy (non-hydrogen) atoms. The zero-order valence-corrected chi connectivity index (χ0v) is 8.49. The zero-order valence-electron chi connectivity index (χ0n) is 7.74. The third kappa shape index (κ3) is 1.91. The van der Waals surface area contributed by atoms with Crippen LogP contribution in [0.2, 0.25) is 5.15 Å². The van der Waals surface area contributed by atoms with Gasteiger partial charge in [0.15, 0.2) is 0 Å². The molecule has 3 heteroatoms. The molecule has 0 atom stereocenters. The number of halogens is 1. The van der Waals surface area contributed by atoms with Crippen LogP contribution < -0.4 is 0 Å². The van der Waals surface area contributed by atoms with Gasteiger partial charge in [0.05, 0.1) is 0 Å². The second-order valence-corrected chi connectivity index (χ2v) is 3.44. The maximum atomic E-state index is 5.71. The van der Waals surface area contributed by atoms with E-state index in [0.717, 1.165) is 16.8 Å². The van der Waals surface area contributed by atoms with Crippen molar-refractivity contribution in [2.24, 2.45) is 0 Å². The molecular formula is C11H9ClN2. The number of pyridine rings is 2. The lowest BCUT2D eigenvalue weighted by molar-refractivity contribution is 1.20. The molecule has 0 saturated heterocycles. The molecule has 2 nitrogen and oxygen atoms in total. The molecule has 2 rings (SSSR count). The summed E-state index contributed by atoms with van der Waals surface area (Å²) in [4.78, 5) is 8.17. The van der Waals surface area contributed by atoms with Crippen molar-refractivity contribution in [3.8, 4) is 11.1 Å². The lowest BCUT2D eigenvalue weighted by Gasteiger charge is -2.01. The van der Waals surface area contributed by atoms with Crippen LogP contribution in [-0.4, -0.2) is 9.97 Å². The Balaban J connectivity index is 2.44. The van der Waals surface area contributed by atoms with Crippen LogP contribution in [0, 0.1) is 6.92 Å². The van der Waals surface area contributed by atoms with Gasteiger partial charge in [-0.25, -0.2) is 4.98 Å². The first-order valence-corrected chi connectivity index (χ1v) is 4.68. The highest BCUT2D eigenvalue weighted by molar-refractivity contribution is 6.29. The fourth-order valence-corrected chi connectivity index (χ4v) is 1.38. The Kier molecular flexibility index (Phi) is 2.46. The second-order valence-electron chi connectivity index (χ2n) is 3.06. The van der Waals surface area contributed by atoms with E-state index in [0.29, 0.717) is 5.15 Å².